The summed E-state index contributed by atoms with van der Waals surface area (Å²) < 4.78 is 19.9. The van der Waals surface area contributed by atoms with E-state index in [4.69, 9.17) is 4.74 Å². The second-order valence-electron chi connectivity index (χ2n) is 7.90. The predicted molar refractivity (Wildman–Crippen MR) is 125 cm³/mol. The molecule has 1 aliphatic heterocycles. The van der Waals surface area contributed by atoms with Crippen LogP contribution in [0.2, 0.25) is 0 Å². The van der Waals surface area contributed by atoms with Crippen molar-refractivity contribution in [1.29, 1.82) is 0 Å². The van der Waals surface area contributed by atoms with Crippen molar-refractivity contribution in [2.24, 2.45) is 0 Å². The van der Waals surface area contributed by atoms with Crippen molar-refractivity contribution >= 4 is 34.5 Å². The Bertz CT molecular complexity index is 1080. The summed E-state index contributed by atoms with van der Waals surface area (Å²) in [5.41, 5.74) is 1.03. The summed E-state index contributed by atoms with van der Waals surface area (Å²) >= 11 is 3.03. The molecule has 4 rings (SSSR count). The SMILES string of the molecule is CC(C)N(CC(=O)N1CCc2sccc2[C@@H]1COc1ccccc1F)C(=O)c1cccs1. The van der Waals surface area contributed by atoms with Gasteiger partial charge >= 0.3 is 0 Å². The maximum absolute atomic E-state index is 14.1. The Morgan fingerprint density at radius 1 is 1.16 bits per heavy atom. The van der Waals surface area contributed by atoms with Crippen LogP contribution in [0.25, 0.3) is 0 Å². The van der Waals surface area contributed by atoms with E-state index in [2.05, 4.69) is 0 Å². The molecule has 0 aliphatic carbocycles. The molecule has 0 bridgehead atoms. The molecule has 0 unspecified atom stereocenters. The van der Waals surface area contributed by atoms with Crippen molar-refractivity contribution in [2.75, 3.05) is 19.7 Å². The average molecular weight is 473 g/mol. The number of hydrogen-bond acceptors (Lipinski definition) is 5. The van der Waals surface area contributed by atoms with E-state index in [1.807, 2.05) is 36.7 Å². The Hall–Kier alpha value is -2.71. The van der Waals surface area contributed by atoms with E-state index in [9.17, 15) is 14.0 Å². The lowest BCUT2D eigenvalue weighted by Gasteiger charge is -2.37. The minimum absolute atomic E-state index is 0.00985. The quantitative estimate of drug-likeness (QED) is 0.486. The fourth-order valence-electron chi connectivity index (χ4n) is 3.87. The van der Waals surface area contributed by atoms with E-state index >= 15 is 0 Å². The summed E-state index contributed by atoms with van der Waals surface area (Å²) in [5, 5.41) is 3.86. The smallest absolute Gasteiger partial charge is 0.264 e. The van der Waals surface area contributed by atoms with E-state index in [0.717, 1.165) is 12.0 Å². The third-order valence-electron chi connectivity index (χ3n) is 5.57. The third-order valence-corrected chi connectivity index (χ3v) is 7.42. The molecule has 0 saturated heterocycles. The molecular formula is C24H25FN2O3S2. The zero-order chi connectivity index (χ0) is 22.7. The van der Waals surface area contributed by atoms with E-state index in [-0.39, 0.29) is 42.8 Å². The first kappa shape index (κ1) is 22.5. The Kier molecular flexibility index (Phi) is 6.91. The highest BCUT2D eigenvalue weighted by Crippen LogP contribution is 2.34. The highest BCUT2D eigenvalue weighted by Gasteiger charge is 2.34. The average Bonchev–Trinajstić information content (AvgIpc) is 3.48. The zero-order valence-corrected chi connectivity index (χ0v) is 19.6. The number of ether oxygens (including phenoxy) is 1. The van der Waals surface area contributed by atoms with Gasteiger partial charge in [-0.15, -0.1) is 22.7 Å². The molecule has 2 amide bonds. The number of rotatable bonds is 7. The molecule has 8 heteroatoms. The fraction of sp³-hybridized carbons (Fsp3) is 0.333. The largest absolute Gasteiger partial charge is 0.488 e. The van der Waals surface area contributed by atoms with Gasteiger partial charge in [-0.05, 0) is 60.9 Å². The standard InChI is InChI=1S/C24H25FN2O3S2/c1-16(2)27(24(29)22-8-5-12-31-22)14-23(28)26-11-9-21-17(10-13-32-21)19(26)15-30-20-7-4-3-6-18(20)25/h3-8,10,12-13,16,19H,9,11,14-15H2,1-2H3/t19-/m0/s1. The van der Waals surface area contributed by atoms with E-state index in [0.29, 0.717) is 11.4 Å². The van der Waals surface area contributed by atoms with Gasteiger partial charge < -0.3 is 14.5 Å². The zero-order valence-electron chi connectivity index (χ0n) is 18.0. The van der Waals surface area contributed by atoms with Crippen molar-refractivity contribution in [2.45, 2.75) is 32.4 Å². The normalized spacial score (nSPS) is 15.5. The number of halogens is 1. The summed E-state index contributed by atoms with van der Waals surface area (Å²) in [6.45, 7) is 4.49. The third kappa shape index (κ3) is 4.71. The molecule has 1 aliphatic rings. The molecule has 0 saturated carbocycles. The Balaban J connectivity index is 1.53. The number of carbonyl (C=O) groups is 2. The van der Waals surface area contributed by atoms with Gasteiger partial charge in [0.05, 0.1) is 10.9 Å². The number of carbonyl (C=O) groups excluding carboxylic acids is 2. The molecule has 0 spiro atoms. The number of para-hydroxylation sites is 1. The summed E-state index contributed by atoms with van der Waals surface area (Å²) in [4.78, 5) is 31.6. The first-order valence-corrected chi connectivity index (χ1v) is 12.3. The van der Waals surface area contributed by atoms with Crippen LogP contribution in [0.1, 0.15) is 40.0 Å². The van der Waals surface area contributed by atoms with Crippen LogP contribution >= 0.6 is 22.7 Å². The van der Waals surface area contributed by atoms with Gasteiger partial charge in [-0.2, -0.15) is 0 Å². The highest BCUT2D eigenvalue weighted by molar-refractivity contribution is 7.12. The lowest BCUT2D eigenvalue weighted by Crippen LogP contribution is -2.49. The number of hydrogen-bond donors (Lipinski definition) is 0. The van der Waals surface area contributed by atoms with Crippen LogP contribution in [-0.4, -0.2) is 47.4 Å². The number of nitrogens with zero attached hydrogens (tertiary/aromatic N) is 2. The molecule has 1 aromatic carbocycles. The van der Waals surface area contributed by atoms with Gasteiger partial charge in [-0.25, -0.2) is 4.39 Å². The van der Waals surface area contributed by atoms with Gasteiger partial charge in [0.25, 0.3) is 5.91 Å². The van der Waals surface area contributed by atoms with E-state index in [1.165, 1.54) is 22.3 Å². The van der Waals surface area contributed by atoms with Gasteiger partial charge in [0.1, 0.15) is 13.2 Å². The number of amides is 2. The van der Waals surface area contributed by atoms with Crippen molar-refractivity contribution in [3.05, 3.63) is 74.4 Å². The van der Waals surface area contributed by atoms with Crippen molar-refractivity contribution in [3.63, 3.8) is 0 Å². The highest BCUT2D eigenvalue weighted by atomic mass is 32.1. The van der Waals surface area contributed by atoms with Crippen LogP contribution in [0.15, 0.2) is 53.2 Å². The van der Waals surface area contributed by atoms with Crippen LogP contribution in [0.4, 0.5) is 4.39 Å². The van der Waals surface area contributed by atoms with Gasteiger partial charge in [0, 0.05) is 17.5 Å². The number of fused-ring (bicyclic) bond motifs is 1. The van der Waals surface area contributed by atoms with E-state index < -0.39 is 5.82 Å². The maximum Gasteiger partial charge on any atom is 0.264 e. The number of thiophene rings is 2. The first-order chi connectivity index (χ1) is 15.5. The van der Waals surface area contributed by atoms with Crippen molar-refractivity contribution in [1.82, 2.24) is 9.80 Å². The van der Waals surface area contributed by atoms with Gasteiger partial charge in [0.15, 0.2) is 11.6 Å². The van der Waals surface area contributed by atoms with Crippen LogP contribution in [-0.2, 0) is 11.2 Å². The molecule has 5 nitrogen and oxygen atoms in total. The minimum Gasteiger partial charge on any atom is -0.488 e. The molecule has 0 radical (unpaired) electrons. The van der Waals surface area contributed by atoms with Crippen molar-refractivity contribution < 1.29 is 18.7 Å². The second-order valence-corrected chi connectivity index (χ2v) is 9.85. The van der Waals surface area contributed by atoms with Crippen molar-refractivity contribution in [3.8, 4) is 5.75 Å². The molecule has 3 heterocycles. The Morgan fingerprint density at radius 2 is 1.97 bits per heavy atom. The first-order valence-electron chi connectivity index (χ1n) is 10.5. The predicted octanol–water partition coefficient (Wildman–Crippen LogP) is 5.00. The van der Waals surface area contributed by atoms with Crippen LogP contribution in [0, 0.1) is 5.82 Å². The monoisotopic (exact) mass is 472 g/mol. The summed E-state index contributed by atoms with van der Waals surface area (Å²) in [6, 6.07) is 11.4. The Labute approximate surface area is 195 Å². The number of benzene rings is 1. The molecule has 0 N–H and O–H groups in total. The lowest BCUT2D eigenvalue weighted by molar-refractivity contribution is -0.136. The molecule has 3 aromatic rings. The molecule has 2 aromatic heterocycles. The molecule has 1 atom stereocenters. The van der Waals surface area contributed by atoms with E-state index in [1.54, 1.807) is 45.4 Å². The maximum atomic E-state index is 14.1. The van der Waals surface area contributed by atoms with Gasteiger partial charge in [0.2, 0.25) is 5.91 Å². The molecule has 168 valence electrons. The fourth-order valence-corrected chi connectivity index (χ4v) is 5.48. The van der Waals surface area contributed by atoms with Crippen LogP contribution in [0.3, 0.4) is 0 Å². The van der Waals surface area contributed by atoms with Gasteiger partial charge in [-0.3, -0.25) is 9.59 Å². The molecular weight excluding hydrogens is 447 g/mol. The second kappa shape index (κ2) is 9.83. The molecule has 32 heavy (non-hydrogen) atoms. The summed E-state index contributed by atoms with van der Waals surface area (Å²) in [7, 11) is 0. The lowest BCUT2D eigenvalue weighted by atomic mass is 10.00. The Morgan fingerprint density at radius 3 is 2.69 bits per heavy atom. The van der Waals surface area contributed by atoms with Crippen LogP contribution in [0.5, 0.6) is 5.75 Å². The minimum atomic E-state index is -0.431. The van der Waals surface area contributed by atoms with Gasteiger partial charge in [-0.1, -0.05) is 18.2 Å². The molecule has 0 fully saturated rings. The summed E-state index contributed by atoms with van der Waals surface area (Å²) in [5.74, 6) is -0.545. The topological polar surface area (TPSA) is 49.9 Å². The van der Waals surface area contributed by atoms with Crippen LogP contribution < -0.4 is 4.74 Å². The summed E-state index contributed by atoms with van der Waals surface area (Å²) in [6.07, 6.45) is 0.759.